The molecule has 0 bridgehead atoms. The zero-order valence-corrected chi connectivity index (χ0v) is 17.4. The topological polar surface area (TPSA) is 75.7 Å². The van der Waals surface area contributed by atoms with Gasteiger partial charge in [0.25, 0.3) is 11.8 Å². The maximum Gasteiger partial charge on any atom is 0.261 e. The van der Waals surface area contributed by atoms with Crippen molar-refractivity contribution < 1.29 is 19.1 Å². The van der Waals surface area contributed by atoms with E-state index in [0.29, 0.717) is 36.9 Å². The third-order valence-corrected chi connectivity index (χ3v) is 5.54. The van der Waals surface area contributed by atoms with Gasteiger partial charge < -0.3 is 10.1 Å². The maximum absolute atomic E-state index is 12.4. The minimum atomic E-state index is -0.232. The molecule has 1 aliphatic rings. The van der Waals surface area contributed by atoms with E-state index in [1.54, 1.807) is 31.4 Å². The van der Waals surface area contributed by atoms with Gasteiger partial charge in [0.15, 0.2) is 0 Å². The summed E-state index contributed by atoms with van der Waals surface area (Å²) in [5, 5.41) is 4.86. The van der Waals surface area contributed by atoms with Crippen LogP contribution in [0.5, 0.6) is 5.75 Å². The molecule has 0 saturated carbocycles. The Morgan fingerprint density at radius 1 is 0.839 bits per heavy atom. The average molecular weight is 416 g/mol. The van der Waals surface area contributed by atoms with Crippen LogP contribution in [0.3, 0.4) is 0 Å². The smallest absolute Gasteiger partial charge is 0.261 e. The Bertz CT molecular complexity index is 1120. The number of hydrogen-bond acceptors (Lipinski definition) is 4. The minimum Gasteiger partial charge on any atom is -0.496 e. The highest BCUT2D eigenvalue weighted by atomic mass is 16.5. The molecule has 31 heavy (non-hydrogen) atoms. The predicted octanol–water partition coefficient (Wildman–Crippen LogP) is 4.64. The lowest BCUT2D eigenvalue weighted by molar-refractivity contribution is -0.116. The number of rotatable bonds is 8. The molecule has 4 rings (SSSR count). The Labute approximate surface area is 180 Å². The molecule has 1 aliphatic heterocycles. The van der Waals surface area contributed by atoms with Gasteiger partial charge in [-0.3, -0.25) is 19.3 Å². The number of carbonyl (C=O) groups excluding carboxylic acids is 3. The Morgan fingerprint density at radius 3 is 2.16 bits per heavy atom. The van der Waals surface area contributed by atoms with Gasteiger partial charge in [0.1, 0.15) is 5.75 Å². The summed E-state index contributed by atoms with van der Waals surface area (Å²) in [5.41, 5.74) is 1.70. The van der Waals surface area contributed by atoms with Gasteiger partial charge in [0.2, 0.25) is 5.91 Å². The van der Waals surface area contributed by atoms with Gasteiger partial charge in [0.05, 0.1) is 18.2 Å². The fourth-order valence-corrected chi connectivity index (χ4v) is 3.95. The number of nitrogens with zero attached hydrogens (tertiary/aromatic N) is 1. The number of anilines is 1. The summed E-state index contributed by atoms with van der Waals surface area (Å²) in [4.78, 5) is 38.5. The van der Waals surface area contributed by atoms with E-state index >= 15 is 0 Å². The molecule has 0 aromatic heterocycles. The number of ether oxygens (including phenoxy) is 1. The second-order valence-corrected chi connectivity index (χ2v) is 7.53. The van der Waals surface area contributed by atoms with Crippen molar-refractivity contribution in [3.8, 4) is 5.75 Å². The van der Waals surface area contributed by atoms with Crippen molar-refractivity contribution in [2.24, 2.45) is 0 Å². The quantitative estimate of drug-likeness (QED) is 0.429. The van der Waals surface area contributed by atoms with Crippen molar-refractivity contribution in [3.63, 3.8) is 0 Å². The van der Waals surface area contributed by atoms with E-state index in [9.17, 15) is 14.4 Å². The molecule has 3 aromatic rings. The van der Waals surface area contributed by atoms with E-state index in [1.807, 2.05) is 36.4 Å². The van der Waals surface area contributed by atoms with Crippen molar-refractivity contribution in [1.29, 1.82) is 0 Å². The zero-order valence-electron chi connectivity index (χ0n) is 17.4. The van der Waals surface area contributed by atoms with Crippen LogP contribution in [-0.4, -0.2) is 36.3 Å². The monoisotopic (exact) mass is 416 g/mol. The number of methoxy groups -OCH3 is 1. The number of hydrogen-bond donors (Lipinski definition) is 1. The average Bonchev–Trinajstić information content (AvgIpc) is 3.04. The van der Waals surface area contributed by atoms with Crippen molar-refractivity contribution in [2.45, 2.75) is 25.7 Å². The second-order valence-electron chi connectivity index (χ2n) is 7.53. The number of unbranched alkanes of at least 4 members (excludes halogenated alkanes) is 2. The van der Waals surface area contributed by atoms with Gasteiger partial charge in [0, 0.05) is 29.4 Å². The molecule has 0 spiro atoms. The fourth-order valence-electron chi connectivity index (χ4n) is 3.95. The Balaban J connectivity index is 1.26. The molecule has 0 saturated heterocycles. The van der Waals surface area contributed by atoms with Gasteiger partial charge in [-0.2, -0.15) is 0 Å². The van der Waals surface area contributed by atoms with Gasteiger partial charge >= 0.3 is 0 Å². The second kappa shape index (κ2) is 9.00. The summed E-state index contributed by atoms with van der Waals surface area (Å²) in [6, 6.07) is 18.4. The summed E-state index contributed by atoms with van der Waals surface area (Å²) in [5.74, 6) is 0.243. The van der Waals surface area contributed by atoms with Crippen LogP contribution in [0.2, 0.25) is 0 Å². The van der Waals surface area contributed by atoms with E-state index in [4.69, 9.17) is 4.74 Å². The summed E-state index contributed by atoms with van der Waals surface area (Å²) >= 11 is 0. The number of nitrogens with one attached hydrogen (secondary N) is 1. The predicted molar refractivity (Wildman–Crippen MR) is 119 cm³/mol. The largest absolute Gasteiger partial charge is 0.496 e. The molecule has 1 heterocycles. The van der Waals surface area contributed by atoms with Crippen LogP contribution in [0.25, 0.3) is 10.8 Å². The van der Waals surface area contributed by atoms with E-state index in [0.717, 1.165) is 28.6 Å². The first-order valence-corrected chi connectivity index (χ1v) is 10.4. The first kappa shape index (κ1) is 20.6. The lowest BCUT2D eigenvalue weighted by atomic mass is 10.1. The van der Waals surface area contributed by atoms with Crippen molar-refractivity contribution >= 4 is 34.2 Å². The number of amides is 3. The molecule has 6 heteroatoms. The molecule has 0 unspecified atom stereocenters. The van der Waals surface area contributed by atoms with Crippen LogP contribution in [0, 0.1) is 0 Å². The third kappa shape index (κ3) is 4.14. The number of benzene rings is 3. The first-order valence-electron chi connectivity index (χ1n) is 10.4. The summed E-state index contributed by atoms with van der Waals surface area (Å²) < 4.78 is 5.39. The molecule has 3 amide bonds. The van der Waals surface area contributed by atoms with E-state index in [1.165, 1.54) is 4.90 Å². The molecule has 0 fully saturated rings. The van der Waals surface area contributed by atoms with Gasteiger partial charge in [-0.25, -0.2) is 0 Å². The number of imide groups is 1. The lowest BCUT2D eigenvalue weighted by Crippen LogP contribution is -2.30. The summed E-state index contributed by atoms with van der Waals surface area (Å²) in [6.45, 7) is 0.372. The third-order valence-electron chi connectivity index (χ3n) is 5.54. The van der Waals surface area contributed by atoms with Crippen LogP contribution in [-0.2, 0) is 4.79 Å². The van der Waals surface area contributed by atoms with E-state index in [-0.39, 0.29) is 17.7 Å². The highest BCUT2D eigenvalue weighted by molar-refractivity contribution is 6.21. The fraction of sp³-hybridized carbons (Fsp3) is 0.240. The molecular formula is C25H24N2O4. The Morgan fingerprint density at radius 2 is 1.48 bits per heavy atom. The SMILES string of the molecule is COc1ccc(NC(=O)CCCCCN2C(=O)c3ccccc3C2=O)c2ccccc12. The van der Waals surface area contributed by atoms with Crippen LogP contribution < -0.4 is 10.1 Å². The first-order chi connectivity index (χ1) is 15.1. The van der Waals surface area contributed by atoms with Crippen molar-refractivity contribution in [1.82, 2.24) is 4.90 Å². The molecule has 6 nitrogen and oxygen atoms in total. The van der Waals surface area contributed by atoms with Crippen LogP contribution in [0.4, 0.5) is 5.69 Å². The van der Waals surface area contributed by atoms with E-state index in [2.05, 4.69) is 5.32 Å². The van der Waals surface area contributed by atoms with Gasteiger partial charge in [-0.05, 0) is 37.1 Å². The zero-order chi connectivity index (χ0) is 21.8. The highest BCUT2D eigenvalue weighted by Gasteiger charge is 2.34. The standard InChI is InChI=1S/C25H24N2O4/c1-31-22-15-14-21(17-9-4-5-10-18(17)22)26-23(28)13-3-2-8-16-27-24(29)19-11-6-7-12-20(19)25(27)30/h4-7,9-12,14-15H,2-3,8,13,16H2,1H3,(H,26,28). The molecule has 0 aliphatic carbocycles. The Kier molecular flexibility index (Phi) is 5.98. The summed E-state index contributed by atoms with van der Waals surface area (Å²) in [6.07, 6.45) is 2.49. The molecule has 3 aromatic carbocycles. The van der Waals surface area contributed by atoms with Gasteiger partial charge in [-0.15, -0.1) is 0 Å². The maximum atomic E-state index is 12.4. The summed E-state index contributed by atoms with van der Waals surface area (Å²) in [7, 11) is 1.63. The van der Waals surface area contributed by atoms with Crippen molar-refractivity contribution in [3.05, 3.63) is 71.8 Å². The molecule has 158 valence electrons. The molecule has 0 radical (unpaired) electrons. The van der Waals surface area contributed by atoms with Crippen LogP contribution in [0.1, 0.15) is 46.4 Å². The Hall–Kier alpha value is -3.67. The van der Waals surface area contributed by atoms with Crippen LogP contribution in [0.15, 0.2) is 60.7 Å². The number of carbonyl (C=O) groups is 3. The van der Waals surface area contributed by atoms with Gasteiger partial charge in [-0.1, -0.05) is 42.8 Å². The minimum absolute atomic E-state index is 0.0592. The number of fused-ring (bicyclic) bond motifs is 2. The molecule has 0 atom stereocenters. The van der Waals surface area contributed by atoms with E-state index < -0.39 is 0 Å². The van der Waals surface area contributed by atoms with Crippen molar-refractivity contribution in [2.75, 3.05) is 19.0 Å². The highest BCUT2D eigenvalue weighted by Crippen LogP contribution is 2.31. The lowest BCUT2D eigenvalue weighted by Gasteiger charge is -2.13. The van der Waals surface area contributed by atoms with Crippen LogP contribution >= 0.6 is 0 Å². The molecular weight excluding hydrogens is 392 g/mol. The normalized spacial score (nSPS) is 12.9. The molecule has 1 N–H and O–H groups in total.